The molecule has 0 aliphatic carbocycles. The van der Waals surface area contributed by atoms with Crippen LogP contribution in [0.4, 0.5) is 0 Å². The quantitative estimate of drug-likeness (QED) is 0.521. The van der Waals surface area contributed by atoms with Gasteiger partial charge in [0.05, 0.1) is 21.6 Å². The minimum absolute atomic E-state index is 0.0210. The van der Waals surface area contributed by atoms with Gasteiger partial charge in [0.1, 0.15) is 0 Å². The van der Waals surface area contributed by atoms with Crippen molar-refractivity contribution in [2.75, 3.05) is 19.8 Å². The van der Waals surface area contributed by atoms with Gasteiger partial charge in [0.2, 0.25) is 10.0 Å². The van der Waals surface area contributed by atoms with E-state index in [9.17, 15) is 22.8 Å². The number of fused-ring (bicyclic) bond motifs is 1. The predicted molar refractivity (Wildman–Crippen MR) is 111 cm³/mol. The fourth-order valence-electron chi connectivity index (χ4n) is 3.79. The van der Waals surface area contributed by atoms with Gasteiger partial charge in [-0.1, -0.05) is 24.6 Å². The van der Waals surface area contributed by atoms with E-state index in [0.717, 1.165) is 24.2 Å². The summed E-state index contributed by atoms with van der Waals surface area (Å²) in [5.41, 5.74) is 1.13. The van der Waals surface area contributed by atoms with E-state index in [1.807, 2.05) is 0 Å². The first-order chi connectivity index (χ1) is 14.8. The van der Waals surface area contributed by atoms with E-state index in [2.05, 4.69) is 0 Å². The van der Waals surface area contributed by atoms with Crippen LogP contribution in [0.1, 0.15) is 55.9 Å². The molecule has 2 heterocycles. The van der Waals surface area contributed by atoms with E-state index in [1.54, 1.807) is 25.1 Å². The molecule has 2 aliphatic heterocycles. The van der Waals surface area contributed by atoms with Crippen LogP contribution in [-0.4, -0.2) is 55.2 Å². The fraction of sp³-hybridized carbons (Fsp3) is 0.318. The minimum atomic E-state index is -3.71. The third kappa shape index (κ3) is 3.86. The topological polar surface area (TPSA) is 101 Å². The maximum Gasteiger partial charge on any atom is 0.340 e. The third-order valence-corrected chi connectivity index (χ3v) is 7.48. The largest absolute Gasteiger partial charge is 0.440 e. The molecule has 2 aromatic rings. The number of imide groups is 1. The molecule has 162 valence electrons. The molecule has 1 saturated heterocycles. The summed E-state index contributed by atoms with van der Waals surface area (Å²) in [5.74, 6) is -1.87. The normalized spacial score (nSPS) is 17.0. The highest BCUT2D eigenvalue weighted by Crippen LogP contribution is 2.25. The summed E-state index contributed by atoms with van der Waals surface area (Å²) in [7, 11) is -3.71. The van der Waals surface area contributed by atoms with Gasteiger partial charge in [-0.25, -0.2) is 18.1 Å². The van der Waals surface area contributed by atoms with Crippen LogP contribution in [0.25, 0.3) is 0 Å². The van der Waals surface area contributed by atoms with Gasteiger partial charge in [-0.2, -0.15) is 4.31 Å². The Morgan fingerprint density at radius 2 is 1.58 bits per heavy atom. The van der Waals surface area contributed by atoms with Crippen molar-refractivity contribution in [2.45, 2.75) is 31.1 Å². The van der Waals surface area contributed by atoms with Crippen LogP contribution in [0, 0.1) is 6.92 Å². The molecular weight excluding hydrogens is 420 g/mol. The summed E-state index contributed by atoms with van der Waals surface area (Å²) in [6.45, 7) is 2.02. The van der Waals surface area contributed by atoms with Crippen molar-refractivity contribution >= 4 is 27.8 Å². The summed E-state index contributed by atoms with van der Waals surface area (Å²) in [6.07, 6.45) is 2.61. The SMILES string of the molecule is Cc1ccc(S(=O)(=O)N2CCCCC2)cc1C(=O)OCN1C(=O)c2ccccc2C1=O. The zero-order valence-corrected chi connectivity index (χ0v) is 17.9. The second-order valence-corrected chi connectivity index (χ2v) is 9.52. The van der Waals surface area contributed by atoms with Crippen LogP contribution in [-0.2, 0) is 14.8 Å². The van der Waals surface area contributed by atoms with Crippen molar-refractivity contribution in [3.05, 3.63) is 64.7 Å². The predicted octanol–water partition coefficient (Wildman–Crippen LogP) is 2.58. The highest BCUT2D eigenvalue weighted by Gasteiger charge is 2.36. The van der Waals surface area contributed by atoms with Crippen molar-refractivity contribution < 1.29 is 27.5 Å². The van der Waals surface area contributed by atoms with Gasteiger partial charge < -0.3 is 4.74 Å². The summed E-state index contributed by atoms with van der Waals surface area (Å²) in [5, 5.41) is 0. The highest BCUT2D eigenvalue weighted by molar-refractivity contribution is 7.89. The molecule has 31 heavy (non-hydrogen) atoms. The molecule has 0 bridgehead atoms. The van der Waals surface area contributed by atoms with Crippen LogP contribution in [0.15, 0.2) is 47.4 Å². The second-order valence-electron chi connectivity index (χ2n) is 7.59. The van der Waals surface area contributed by atoms with E-state index in [0.29, 0.717) is 18.7 Å². The molecule has 8 nitrogen and oxygen atoms in total. The number of hydrogen-bond donors (Lipinski definition) is 0. The summed E-state index contributed by atoms with van der Waals surface area (Å²) in [6, 6.07) is 10.7. The second kappa shape index (κ2) is 8.24. The van der Waals surface area contributed by atoms with Gasteiger partial charge in [0.25, 0.3) is 11.8 Å². The number of aryl methyl sites for hydroxylation is 1. The molecule has 1 fully saturated rings. The Morgan fingerprint density at radius 3 is 2.19 bits per heavy atom. The summed E-state index contributed by atoms with van der Waals surface area (Å²) in [4.78, 5) is 38.4. The lowest BCUT2D eigenvalue weighted by molar-refractivity contribution is 0.0227. The first-order valence-electron chi connectivity index (χ1n) is 10.0. The van der Waals surface area contributed by atoms with Gasteiger partial charge in [0.15, 0.2) is 6.73 Å². The maximum absolute atomic E-state index is 12.9. The lowest BCUT2D eigenvalue weighted by Crippen LogP contribution is -2.35. The van der Waals surface area contributed by atoms with Gasteiger partial charge in [-0.15, -0.1) is 0 Å². The lowest BCUT2D eigenvalue weighted by Gasteiger charge is -2.26. The van der Waals surface area contributed by atoms with Crippen molar-refractivity contribution in [3.8, 4) is 0 Å². The summed E-state index contributed by atoms with van der Waals surface area (Å²) >= 11 is 0. The molecule has 0 unspecified atom stereocenters. The molecule has 0 aromatic heterocycles. The highest BCUT2D eigenvalue weighted by atomic mass is 32.2. The first kappa shape index (κ1) is 21.2. The Bertz CT molecular complexity index is 1130. The molecule has 0 radical (unpaired) electrons. The van der Waals surface area contributed by atoms with Crippen molar-refractivity contribution in [2.24, 2.45) is 0 Å². The molecule has 2 amide bonds. The monoisotopic (exact) mass is 442 g/mol. The first-order valence-corrected chi connectivity index (χ1v) is 11.5. The van der Waals surface area contributed by atoms with Crippen LogP contribution in [0.3, 0.4) is 0 Å². The van der Waals surface area contributed by atoms with Crippen LogP contribution in [0.5, 0.6) is 0 Å². The molecule has 2 aromatic carbocycles. The number of ether oxygens (including phenoxy) is 1. The number of amides is 2. The lowest BCUT2D eigenvalue weighted by atomic mass is 10.1. The number of sulfonamides is 1. The molecule has 2 aliphatic rings. The average Bonchev–Trinajstić information content (AvgIpc) is 3.03. The van der Waals surface area contributed by atoms with E-state index in [1.165, 1.54) is 28.6 Å². The molecule has 4 rings (SSSR count). The molecular formula is C22H22N2O6S. The van der Waals surface area contributed by atoms with Crippen LogP contribution < -0.4 is 0 Å². The zero-order valence-electron chi connectivity index (χ0n) is 17.0. The van der Waals surface area contributed by atoms with Gasteiger partial charge in [-0.05, 0) is 49.6 Å². The van der Waals surface area contributed by atoms with Crippen molar-refractivity contribution in [1.29, 1.82) is 0 Å². The molecule has 0 N–H and O–H groups in total. The number of rotatable bonds is 5. The van der Waals surface area contributed by atoms with Crippen molar-refractivity contribution in [1.82, 2.24) is 9.21 Å². The minimum Gasteiger partial charge on any atom is -0.440 e. The van der Waals surface area contributed by atoms with Gasteiger partial charge >= 0.3 is 5.97 Å². The number of nitrogens with zero attached hydrogens (tertiary/aromatic N) is 2. The zero-order chi connectivity index (χ0) is 22.2. The Labute approximate surface area is 180 Å². The van der Waals surface area contributed by atoms with E-state index in [4.69, 9.17) is 4.74 Å². The number of benzene rings is 2. The van der Waals surface area contributed by atoms with E-state index < -0.39 is 34.5 Å². The fourth-order valence-corrected chi connectivity index (χ4v) is 5.34. The summed E-state index contributed by atoms with van der Waals surface area (Å²) < 4.78 is 32.5. The molecule has 0 saturated carbocycles. The molecule has 0 atom stereocenters. The van der Waals surface area contributed by atoms with Crippen LogP contribution >= 0.6 is 0 Å². The Hall–Kier alpha value is -3.04. The van der Waals surface area contributed by atoms with Crippen molar-refractivity contribution in [3.63, 3.8) is 0 Å². The Kier molecular flexibility index (Phi) is 5.63. The van der Waals surface area contributed by atoms with Gasteiger partial charge in [-0.3, -0.25) is 9.59 Å². The number of hydrogen-bond acceptors (Lipinski definition) is 6. The van der Waals surface area contributed by atoms with E-state index in [-0.39, 0.29) is 21.6 Å². The number of carbonyl (C=O) groups is 3. The Morgan fingerprint density at radius 1 is 0.968 bits per heavy atom. The van der Waals surface area contributed by atoms with E-state index >= 15 is 0 Å². The molecule has 0 spiro atoms. The average molecular weight is 442 g/mol. The third-order valence-electron chi connectivity index (χ3n) is 5.58. The van der Waals surface area contributed by atoms with Gasteiger partial charge in [0, 0.05) is 13.1 Å². The standard InChI is InChI=1S/C22H22N2O6S/c1-15-9-10-16(31(28,29)23-11-5-2-6-12-23)13-19(15)22(27)30-14-24-20(25)17-7-3-4-8-18(17)21(24)26/h3-4,7-10,13H,2,5-6,11-12,14H2,1H3. The smallest absolute Gasteiger partial charge is 0.340 e. The number of esters is 1. The number of piperidine rings is 1. The van der Waals surface area contributed by atoms with Crippen LogP contribution in [0.2, 0.25) is 0 Å². The molecule has 9 heteroatoms. The Balaban J connectivity index is 1.51. The maximum atomic E-state index is 12.9. The number of carbonyl (C=O) groups excluding carboxylic acids is 3.